The molecule has 2 aromatic rings. The quantitative estimate of drug-likeness (QED) is 0.609. The van der Waals surface area contributed by atoms with Crippen molar-refractivity contribution in [1.29, 1.82) is 0 Å². The number of sulfonamides is 2. The number of hydrogen-bond acceptors (Lipinski definition) is 7. The maximum Gasteiger partial charge on any atom is 0.267 e. The van der Waals surface area contributed by atoms with Gasteiger partial charge in [0.05, 0.1) is 36.2 Å². The summed E-state index contributed by atoms with van der Waals surface area (Å²) < 4.78 is 64.1. The molecule has 2 aliphatic heterocycles. The highest BCUT2D eigenvalue weighted by Gasteiger charge is 2.36. The number of nitrogens with zero attached hydrogens (tertiary/aromatic N) is 2. The van der Waals surface area contributed by atoms with Crippen molar-refractivity contribution in [1.82, 2.24) is 4.31 Å². The molecule has 0 aromatic heterocycles. The molecule has 0 spiro atoms. The van der Waals surface area contributed by atoms with Gasteiger partial charge in [-0.15, -0.1) is 0 Å². The number of amides is 1. The van der Waals surface area contributed by atoms with E-state index < -0.39 is 32.1 Å². The summed E-state index contributed by atoms with van der Waals surface area (Å²) in [6.45, 7) is 0.597. The molecule has 1 N–H and O–H groups in total. The number of carbonyl (C=O) groups is 1. The summed E-state index contributed by atoms with van der Waals surface area (Å²) in [5, 5.41) is 2.95. The zero-order chi connectivity index (χ0) is 24.7. The minimum Gasteiger partial charge on any atom is -0.495 e. The van der Waals surface area contributed by atoms with Crippen LogP contribution in [-0.4, -0.2) is 66.2 Å². The Kier molecular flexibility index (Phi) is 6.69. The molecule has 0 radical (unpaired) electrons. The molecule has 1 amide bonds. The van der Waals surface area contributed by atoms with Gasteiger partial charge in [0.1, 0.15) is 11.5 Å². The Labute approximate surface area is 203 Å². The second-order valence-corrected chi connectivity index (χ2v) is 12.3. The first-order valence-electron chi connectivity index (χ1n) is 10.4. The predicted octanol–water partition coefficient (Wildman–Crippen LogP) is 2.30. The Morgan fingerprint density at radius 3 is 2.47 bits per heavy atom. The average molecular weight is 530 g/mol. The van der Waals surface area contributed by atoms with Crippen LogP contribution < -0.4 is 19.1 Å². The molecule has 0 saturated carbocycles. The molecular weight excluding hydrogens is 506 g/mol. The van der Waals surface area contributed by atoms with E-state index in [1.54, 1.807) is 0 Å². The number of anilines is 2. The van der Waals surface area contributed by atoms with Crippen molar-refractivity contribution in [2.75, 3.05) is 42.6 Å². The summed E-state index contributed by atoms with van der Waals surface area (Å²) >= 11 is 6.01. The van der Waals surface area contributed by atoms with Gasteiger partial charge in [-0.1, -0.05) is 11.6 Å². The van der Waals surface area contributed by atoms with Gasteiger partial charge < -0.3 is 14.8 Å². The van der Waals surface area contributed by atoms with Crippen LogP contribution in [0.25, 0.3) is 0 Å². The number of methoxy groups -OCH3 is 1. The third kappa shape index (κ3) is 4.81. The maximum absolute atomic E-state index is 13.1. The summed E-state index contributed by atoms with van der Waals surface area (Å²) in [4.78, 5) is 13.1. The topological polar surface area (TPSA) is 122 Å². The number of rotatable bonds is 6. The fraction of sp³-hybridized carbons (Fsp3) is 0.381. The van der Waals surface area contributed by atoms with Crippen molar-refractivity contribution in [3.05, 3.63) is 41.4 Å². The normalized spacial score (nSPS) is 18.8. The van der Waals surface area contributed by atoms with Crippen LogP contribution in [-0.2, 0) is 24.8 Å². The lowest BCUT2D eigenvalue weighted by atomic mass is 10.2. The molecule has 0 aliphatic carbocycles. The highest BCUT2D eigenvalue weighted by atomic mass is 35.5. The minimum atomic E-state index is -3.74. The van der Waals surface area contributed by atoms with Crippen molar-refractivity contribution in [3.63, 3.8) is 0 Å². The molecule has 4 rings (SSSR count). The maximum atomic E-state index is 13.1. The van der Waals surface area contributed by atoms with Gasteiger partial charge in [0.15, 0.2) is 6.10 Å². The minimum absolute atomic E-state index is 0.0211. The second kappa shape index (κ2) is 9.25. The third-order valence-electron chi connectivity index (χ3n) is 5.61. The van der Waals surface area contributed by atoms with E-state index >= 15 is 0 Å². The van der Waals surface area contributed by atoms with Crippen LogP contribution in [0, 0.1) is 0 Å². The number of benzene rings is 2. The molecule has 2 aliphatic rings. The first kappa shape index (κ1) is 24.6. The lowest BCUT2D eigenvalue weighted by molar-refractivity contribution is -0.122. The van der Waals surface area contributed by atoms with E-state index in [1.807, 2.05) is 0 Å². The van der Waals surface area contributed by atoms with Gasteiger partial charge in [0.2, 0.25) is 20.0 Å². The number of halogens is 1. The predicted molar refractivity (Wildman–Crippen MR) is 128 cm³/mol. The molecule has 2 aromatic carbocycles. The Bertz CT molecular complexity index is 1330. The van der Waals surface area contributed by atoms with Crippen LogP contribution in [0.5, 0.6) is 11.5 Å². The van der Waals surface area contributed by atoms with E-state index in [-0.39, 0.29) is 34.3 Å². The van der Waals surface area contributed by atoms with E-state index in [4.69, 9.17) is 21.1 Å². The van der Waals surface area contributed by atoms with Crippen LogP contribution in [0.2, 0.25) is 5.02 Å². The molecule has 0 unspecified atom stereocenters. The second-order valence-electron chi connectivity index (χ2n) is 7.98. The fourth-order valence-corrected chi connectivity index (χ4v) is 6.53. The summed E-state index contributed by atoms with van der Waals surface area (Å²) in [5.41, 5.74) is 0.361. The Hall–Kier alpha value is -2.54. The molecule has 2 heterocycles. The van der Waals surface area contributed by atoms with Crippen molar-refractivity contribution in [2.24, 2.45) is 0 Å². The summed E-state index contributed by atoms with van der Waals surface area (Å²) in [5.74, 6) is -0.237. The largest absolute Gasteiger partial charge is 0.495 e. The van der Waals surface area contributed by atoms with Crippen LogP contribution in [0.4, 0.5) is 11.4 Å². The van der Waals surface area contributed by atoms with Gasteiger partial charge in [-0.25, -0.2) is 16.8 Å². The van der Waals surface area contributed by atoms with Crippen LogP contribution >= 0.6 is 11.6 Å². The first-order chi connectivity index (χ1) is 16.0. The van der Waals surface area contributed by atoms with E-state index in [1.165, 1.54) is 47.8 Å². The standard InChI is InChI=1S/C21H24ClN3O7S2/c1-31-18-8-6-15(34(29,30)24-9-3-4-10-24)12-16(18)23-21(26)20-13-25(33(2,27)28)17-11-14(22)5-7-19(17)32-20/h5-8,11-12,20H,3-4,9-10,13H2,1-2H3,(H,23,26)/t20-/m1/s1. The van der Waals surface area contributed by atoms with Crippen LogP contribution in [0.15, 0.2) is 41.3 Å². The van der Waals surface area contributed by atoms with E-state index in [0.29, 0.717) is 18.1 Å². The monoisotopic (exact) mass is 529 g/mol. The van der Waals surface area contributed by atoms with Crippen LogP contribution in [0.3, 0.4) is 0 Å². The Morgan fingerprint density at radius 1 is 1.12 bits per heavy atom. The summed E-state index contributed by atoms with van der Waals surface area (Å²) in [7, 11) is -6.07. The molecule has 184 valence electrons. The lowest BCUT2D eigenvalue weighted by Gasteiger charge is -2.34. The van der Waals surface area contributed by atoms with Crippen molar-refractivity contribution >= 4 is 48.9 Å². The highest BCUT2D eigenvalue weighted by molar-refractivity contribution is 7.92. The first-order valence-corrected chi connectivity index (χ1v) is 14.1. The van der Waals surface area contributed by atoms with Gasteiger partial charge in [-0.2, -0.15) is 4.31 Å². The molecule has 13 heteroatoms. The van der Waals surface area contributed by atoms with Crippen molar-refractivity contribution in [3.8, 4) is 11.5 Å². The Morgan fingerprint density at radius 2 is 1.82 bits per heavy atom. The number of carbonyl (C=O) groups excluding carboxylic acids is 1. The highest BCUT2D eigenvalue weighted by Crippen LogP contribution is 2.37. The van der Waals surface area contributed by atoms with Gasteiger partial charge in [0.25, 0.3) is 5.91 Å². The van der Waals surface area contributed by atoms with Crippen molar-refractivity contribution < 1.29 is 31.1 Å². The number of ether oxygens (including phenoxy) is 2. The lowest BCUT2D eigenvalue weighted by Crippen LogP contribution is -2.48. The molecule has 0 bridgehead atoms. The van der Waals surface area contributed by atoms with Gasteiger partial charge in [-0.3, -0.25) is 9.10 Å². The van der Waals surface area contributed by atoms with Gasteiger partial charge in [-0.05, 0) is 49.2 Å². The van der Waals surface area contributed by atoms with E-state index in [9.17, 15) is 21.6 Å². The zero-order valence-electron chi connectivity index (χ0n) is 18.5. The molecule has 1 fully saturated rings. The number of hydrogen-bond donors (Lipinski definition) is 1. The number of nitrogens with one attached hydrogen (secondary N) is 1. The molecule has 1 atom stereocenters. The molecule has 1 saturated heterocycles. The van der Waals surface area contributed by atoms with E-state index in [0.717, 1.165) is 23.4 Å². The fourth-order valence-electron chi connectivity index (χ4n) is 3.91. The SMILES string of the molecule is COc1ccc(S(=O)(=O)N2CCCC2)cc1NC(=O)[C@H]1CN(S(C)(=O)=O)c2cc(Cl)ccc2O1. The third-order valence-corrected chi connectivity index (χ3v) is 8.89. The summed E-state index contributed by atoms with van der Waals surface area (Å²) in [6, 6.07) is 8.66. The zero-order valence-corrected chi connectivity index (χ0v) is 20.9. The molecule has 10 nitrogen and oxygen atoms in total. The summed E-state index contributed by atoms with van der Waals surface area (Å²) in [6.07, 6.45) is 1.41. The van der Waals surface area contributed by atoms with Gasteiger partial charge >= 0.3 is 0 Å². The Balaban J connectivity index is 1.63. The average Bonchev–Trinajstić information content (AvgIpc) is 3.33. The smallest absolute Gasteiger partial charge is 0.267 e. The van der Waals surface area contributed by atoms with Crippen LogP contribution in [0.1, 0.15) is 12.8 Å². The van der Waals surface area contributed by atoms with Gasteiger partial charge in [0, 0.05) is 18.1 Å². The number of fused-ring (bicyclic) bond motifs is 1. The molecular formula is C21H24ClN3O7S2. The van der Waals surface area contributed by atoms with E-state index in [2.05, 4.69) is 5.32 Å². The van der Waals surface area contributed by atoms with Crippen molar-refractivity contribution in [2.45, 2.75) is 23.8 Å². The molecule has 34 heavy (non-hydrogen) atoms.